The minimum atomic E-state index is 0.0430. The number of aromatic nitrogens is 1. The molecule has 1 heterocycles. The molecule has 1 unspecified atom stereocenters. The lowest BCUT2D eigenvalue weighted by Gasteiger charge is -2.03. The lowest BCUT2D eigenvalue weighted by molar-refractivity contribution is 0.561. The molecule has 1 aromatic carbocycles. The van der Waals surface area contributed by atoms with E-state index in [4.69, 9.17) is 10.2 Å². The number of hydrogen-bond acceptors (Lipinski definition) is 3. The molecule has 2 aromatic rings. The molecule has 0 aliphatic rings. The summed E-state index contributed by atoms with van der Waals surface area (Å²) >= 11 is 0. The molecule has 0 radical (unpaired) electrons. The quantitative estimate of drug-likeness (QED) is 0.724. The average molecular weight is 176 g/mol. The third kappa shape index (κ3) is 1.42. The van der Waals surface area contributed by atoms with Gasteiger partial charge in [-0.1, -0.05) is 6.07 Å². The molecule has 1 aromatic heterocycles. The van der Waals surface area contributed by atoms with Crippen LogP contribution >= 0.6 is 0 Å². The minimum absolute atomic E-state index is 0.0430. The van der Waals surface area contributed by atoms with E-state index in [2.05, 4.69) is 4.98 Å². The number of nitrogens with zero attached hydrogens (tertiary/aromatic N) is 1. The zero-order valence-electron chi connectivity index (χ0n) is 7.74. The van der Waals surface area contributed by atoms with E-state index in [9.17, 15) is 0 Å². The largest absolute Gasteiger partial charge is 0.441 e. The predicted octanol–water partition coefficient (Wildman–Crippen LogP) is 2.16. The number of rotatable bonds is 1. The summed E-state index contributed by atoms with van der Waals surface area (Å²) in [4.78, 5) is 4.23. The molecule has 0 saturated carbocycles. The Morgan fingerprint density at radius 2 is 2.23 bits per heavy atom. The summed E-state index contributed by atoms with van der Waals surface area (Å²) in [6.45, 7) is 3.79. The number of oxazole rings is 1. The van der Waals surface area contributed by atoms with Crippen molar-refractivity contribution in [3.8, 4) is 0 Å². The van der Waals surface area contributed by atoms with Crippen LogP contribution in [0.4, 0.5) is 0 Å². The van der Waals surface area contributed by atoms with E-state index in [0.717, 1.165) is 16.7 Å². The maximum atomic E-state index is 5.75. The zero-order valence-corrected chi connectivity index (χ0v) is 7.74. The molecule has 68 valence electrons. The highest BCUT2D eigenvalue weighted by Gasteiger charge is 2.04. The summed E-state index contributed by atoms with van der Waals surface area (Å²) in [5.41, 5.74) is 8.54. The summed E-state index contributed by atoms with van der Waals surface area (Å²) in [7, 11) is 0. The third-order valence-electron chi connectivity index (χ3n) is 2.04. The summed E-state index contributed by atoms with van der Waals surface area (Å²) < 4.78 is 5.35. The highest BCUT2D eigenvalue weighted by molar-refractivity contribution is 5.73. The molecule has 0 aliphatic carbocycles. The van der Waals surface area contributed by atoms with E-state index in [1.807, 2.05) is 32.0 Å². The monoisotopic (exact) mass is 176 g/mol. The molecule has 0 fully saturated rings. The van der Waals surface area contributed by atoms with Crippen molar-refractivity contribution < 1.29 is 4.42 Å². The molecule has 1 atom stereocenters. The number of hydrogen-bond donors (Lipinski definition) is 1. The maximum absolute atomic E-state index is 5.75. The average Bonchev–Trinajstić information content (AvgIpc) is 2.42. The fourth-order valence-corrected chi connectivity index (χ4v) is 1.34. The fourth-order valence-electron chi connectivity index (χ4n) is 1.34. The molecule has 2 N–H and O–H groups in total. The molecule has 0 saturated heterocycles. The molecular formula is C10H12N2O. The fraction of sp³-hybridized carbons (Fsp3) is 0.300. The molecule has 0 amide bonds. The lowest BCUT2D eigenvalue weighted by atomic mass is 10.1. The van der Waals surface area contributed by atoms with Crippen LogP contribution in [0.3, 0.4) is 0 Å². The Hall–Kier alpha value is -1.35. The Morgan fingerprint density at radius 3 is 2.92 bits per heavy atom. The maximum Gasteiger partial charge on any atom is 0.192 e. The Kier molecular flexibility index (Phi) is 1.81. The summed E-state index contributed by atoms with van der Waals surface area (Å²) in [5, 5.41) is 0. The number of aryl methyl sites for hydroxylation is 1. The second kappa shape index (κ2) is 2.85. The third-order valence-corrected chi connectivity index (χ3v) is 2.04. The Bertz CT molecular complexity index is 431. The molecule has 0 bridgehead atoms. The summed E-state index contributed by atoms with van der Waals surface area (Å²) in [5.74, 6) is 0.692. The van der Waals surface area contributed by atoms with Crippen LogP contribution in [-0.4, -0.2) is 4.98 Å². The van der Waals surface area contributed by atoms with Crippen molar-refractivity contribution in [2.45, 2.75) is 19.9 Å². The molecule has 3 heteroatoms. The Labute approximate surface area is 76.6 Å². The smallest absolute Gasteiger partial charge is 0.192 e. The van der Waals surface area contributed by atoms with Gasteiger partial charge in [0.15, 0.2) is 11.5 Å². The van der Waals surface area contributed by atoms with Crippen LogP contribution in [0, 0.1) is 6.92 Å². The van der Waals surface area contributed by atoms with Gasteiger partial charge in [0.05, 0.1) is 0 Å². The molecule has 0 spiro atoms. The number of fused-ring (bicyclic) bond motifs is 1. The van der Waals surface area contributed by atoms with Gasteiger partial charge in [-0.05, 0) is 24.6 Å². The van der Waals surface area contributed by atoms with Crippen LogP contribution in [0.2, 0.25) is 0 Å². The van der Waals surface area contributed by atoms with Gasteiger partial charge >= 0.3 is 0 Å². The van der Waals surface area contributed by atoms with Gasteiger partial charge in [-0.2, -0.15) is 0 Å². The number of nitrogens with two attached hydrogens (primary N) is 1. The van der Waals surface area contributed by atoms with Crippen molar-refractivity contribution in [3.63, 3.8) is 0 Å². The van der Waals surface area contributed by atoms with Gasteiger partial charge in [0.1, 0.15) is 5.52 Å². The van der Waals surface area contributed by atoms with Crippen molar-refractivity contribution in [2.24, 2.45) is 5.73 Å². The molecular weight excluding hydrogens is 164 g/mol. The van der Waals surface area contributed by atoms with Gasteiger partial charge in [-0.15, -0.1) is 0 Å². The van der Waals surface area contributed by atoms with Gasteiger partial charge < -0.3 is 10.2 Å². The standard InChI is InChI=1S/C10H12N2O/c1-6(11)8-3-4-10-9(5-8)12-7(2)13-10/h3-6H,11H2,1-2H3. The van der Waals surface area contributed by atoms with Crippen molar-refractivity contribution in [2.75, 3.05) is 0 Å². The van der Waals surface area contributed by atoms with E-state index in [1.54, 1.807) is 0 Å². The highest BCUT2D eigenvalue weighted by Crippen LogP contribution is 2.19. The van der Waals surface area contributed by atoms with E-state index < -0.39 is 0 Å². The Balaban J connectivity index is 2.61. The number of benzene rings is 1. The van der Waals surface area contributed by atoms with Crippen LogP contribution in [0.1, 0.15) is 24.4 Å². The van der Waals surface area contributed by atoms with E-state index in [-0.39, 0.29) is 6.04 Å². The first-order valence-electron chi connectivity index (χ1n) is 4.29. The van der Waals surface area contributed by atoms with Crippen LogP contribution < -0.4 is 5.73 Å². The second-order valence-electron chi connectivity index (χ2n) is 3.25. The molecule has 13 heavy (non-hydrogen) atoms. The normalized spacial score (nSPS) is 13.5. The summed E-state index contributed by atoms with van der Waals surface area (Å²) in [6.07, 6.45) is 0. The molecule has 0 aliphatic heterocycles. The topological polar surface area (TPSA) is 52.0 Å². The summed E-state index contributed by atoms with van der Waals surface area (Å²) in [6, 6.07) is 5.89. The van der Waals surface area contributed by atoms with Gasteiger partial charge in [0.2, 0.25) is 0 Å². The van der Waals surface area contributed by atoms with Gasteiger partial charge in [0, 0.05) is 13.0 Å². The Morgan fingerprint density at radius 1 is 1.46 bits per heavy atom. The second-order valence-corrected chi connectivity index (χ2v) is 3.25. The van der Waals surface area contributed by atoms with Crippen LogP contribution in [0.5, 0.6) is 0 Å². The van der Waals surface area contributed by atoms with E-state index >= 15 is 0 Å². The first-order valence-corrected chi connectivity index (χ1v) is 4.29. The van der Waals surface area contributed by atoms with Gasteiger partial charge in [0.25, 0.3) is 0 Å². The molecule has 2 rings (SSSR count). The highest BCUT2D eigenvalue weighted by atomic mass is 16.3. The minimum Gasteiger partial charge on any atom is -0.441 e. The van der Waals surface area contributed by atoms with E-state index in [0.29, 0.717) is 5.89 Å². The SMILES string of the molecule is Cc1nc2cc(C(C)N)ccc2o1. The predicted molar refractivity (Wildman–Crippen MR) is 51.3 cm³/mol. The lowest BCUT2D eigenvalue weighted by Crippen LogP contribution is -2.04. The van der Waals surface area contributed by atoms with E-state index in [1.165, 1.54) is 0 Å². The van der Waals surface area contributed by atoms with Gasteiger partial charge in [-0.3, -0.25) is 0 Å². The van der Waals surface area contributed by atoms with Crippen LogP contribution in [0.25, 0.3) is 11.1 Å². The van der Waals surface area contributed by atoms with Crippen molar-refractivity contribution in [1.29, 1.82) is 0 Å². The molecule has 3 nitrogen and oxygen atoms in total. The first kappa shape index (κ1) is 8.26. The van der Waals surface area contributed by atoms with Gasteiger partial charge in [-0.25, -0.2) is 4.98 Å². The van der Waals surface area contributed by atoms with Crippen molar-refractivity contribution >= 4 is 11.1 Å². The zero-order chi connectivity index (χ0) is 9.42. The van der Waals surface area contributed by atoms with Crippen molar-refractivity contribution in [3.05, 3.63) is 29.7 Å². The first-order chi connectivity index (χ1) is 6.16. The van der Waals surface area contributed by atoms with Crippen LogP contribution in [-0.2, 0) is 0 Å². The van der Waals surface area contributed by atoms with Crippen molar-refractivity contribution in [1.82, 2.24) is 4.98 Å². The van der Waals surface area contributed by atoms with Crippen LogP contribution in [0.15, 0.2) is 22.6 Å².